The van der Waals surface area contributed by atoms with Crippen LogP contribution in [0.15, 0.2) is 0 Å². The highest BCUT2D eigenvalue weighted by atomic mass is 16.5. The molecule has 2 saturated heterocycles. The maximum Gasteiger partial charge on any atom is 0.220 e. The lowest BCUT2D eigenvalue weighted by Gasteiger charge is -2.23. The van der Waals surface area contributed by atoms with Crippen LogP contribution >= 0.6 is 0 Å². The first kappa shape index (κ1) is 13.8. The average molecular weight is 254 g/mol. The second kappa shape index (κ2) is 7.10. The summed E-state index contributed by atoms with van der Waals surface area (Å²) in [5, 5.41) is 6.52. The molecule has 0 radical (unpaired) electrons. The average Bonchev–Trinajstić information content (AvgIpc) is 2.91. The van der Waals surface area contributed by atoms with Gasteiger partial charge in [0.25, 0.3) is 0 Å². The highest BCUT2D eigenvalue weighted by molar-refractivity contribution is 5.76. The lowest BCUT2D eigenvalue weighted by molar-refractivity contribution is -0.122. The molecule has 2 aliphatic heterocycles. The monoisotopic (exact) mass is 254 g/mol. The third-order valence-electron chi connectivity index (χ3n) is 4.24. The van der Waals surface area contributed by atoms with E-state index in [0.29, 0.717) is 18.3 Å². The summed E-state index contributed by atoms with van der Waals surface area (Å²) in [6, 6.07) is 0.254. The molecular formula is C14H26N2O2. The molecule has 4 nitrogen and oxygen atoms in total. The minimum absolute atomic E-state index is 0.208. The van der Waals surface area contributed by atoms with Crippen LogP contribution in [0.25, 0.3) is 0 Å². The quantitative estimate of drug-likeness (QED) is 0.777. The van der Waals surface area contributed by atoms with Gasteiger partial charge in [0.05, 0.1) is 6.61 Å². The highest BCUT2D eigenvalue weighted by Crippen LogP contribution is 2.18. The predicted molar refractivity (Wildman–Crippen MR) is 71.4 cm³/mol. The molecule has 3 unspecified atom stereocenters. The summed E-state index contributed by atoms with van der Waals surface area (Å²) in [6.45, 7) is 5.97. The molecule has 0 aromatic rings. The van der Waals surface area contributed by atoms with Gasteiger partial charge in [-0.05, 0) is 51.6 Å². The number of carbonyl (C=O) groups is 1. The zero-order chi connectivity index (χ0) is 12.8. The van der Waals surface area contributed by atoms with Crippen molar-refractivity contribution >= 4 is 5.91 Å². The Morgan fingerprint density at radius 3 is 3.06 bits per heavy atom. The normalized spacial score (nSPS) is 30.1. The van der Waals surface area contributed by atoms with E-state index in [0.717, 1.165) is 39.1 Å². The zero-order valence-electron chi connectivity index (χ0n) is 11.4. The van der Waals surface area contributed by atoms with Crippen molar-refractivity contribution < 1.29 is 9.53 Å². The number of rotatable bonds is 5. The van der Waals surface area contributed by atoms with E-state index in [4.69, 9.17) is 4.74 Å². The molecule has 2 aliphatic rings. The molecule has 2 heterocycles. The van der Waals surface area contributed by atoms with E-state index in [1.807, 2.05) is 0 Å². The predicted octanol–water partition coefficient (Wildman–Crippen LogP) is 1.31. The molecular weight excluding hydrogens is 228 g/mol. The van der Waals surface area contributed by atoms with Crippen molar-refractivity contribution in [3.63, 3.8) is 0 Å². The van der Waals surface area contributed by atoms with Crippen LogP contribution in [-0.2, 0) is 9.53 Å². The van der Waals surface area contributed by atoms with Gasteiger partial charge in [-0.3, -0.25) is 4.79 Å². The largest absolute Gasteiger partial charge is 0.381 e. The molecule has 0 aliphatic carbocycles. The van der Waals surface area contributed by atoms with E-state index in [2.05, 4.69) is 17.6 Å². The molecule has 0 spiro atoms. The highest BCUT2D eigenvalue weighted by Gasteiger charge is 2.23. The standard InChI is InChI=1S/C14H26N2O2/c1-11(13-6-8-18-10-13)16-14(17)5-4-12-3-2-7-15-9-12/h11-13,15H,2-10H2,1H3,(H,16,17). The molecule has 2 rings (SSSR count). The molecule has 4 heteroatoms. The van der Waals surface area contributed by atoms with Gasteiger partial charge in [-0.15, -0.1) is 0 Å². The molecule has 3 atom stereocenters. The Balaban J connectivity index is 1.61. The first-order valence-corrected chi connectivity index (χ1v) is 7.33. The summed E-state index contributed by atoms with van der Waals surface area (Å²) in [4.78, 5) is 11.9. The smallest absolute Gasteiger partial charge is 0.220 e. The van der Waals surface area contributed by atoms with Gasteiger partial charge in [0.15, 0.2) is 0 Å². The van der Waals surface area contributed by atoms with Gasteiger partial charge in [0.2, 0.25) is 5.91 Å². The summed E-state index contributed by atoms with van der Waals surface area (Å²) < 4.78 is 5.36. The van der Waals surface area contributed by atoms with Crippen LogP contribution in [-0.4, -0.2) is 38.3 Å². The maximum atomic E-state index is 11.9. The van der Waals surface area contributed by atoms with Gasteiger partial charge >= 0.3 is 0 Å². The molecule has 0 aromatic heterocycles. The summed E-state index contributed by atoms with van der Waals surface area (Å²) in [7, 11) is 0. The second-order valence-corrected chi connectivity index (χ2v) is 5.73. The van der Waals surface area contributed by atoms with Crippen molar-refractivity contribution in [3.05, 3.63) is 0 Å². The third-order valence-corrected chi connectivity index (χ3v) is 4.24. The van der Waals surface area contributed by atoms with Gasteiger partial charge in [0.1, 0.15) is 0 Å². The molecule has 2 fully saturated rings. The zero-order valence-corrected chi connectivity index (χ0v) is 11.4. The number of amides is 1. The van der Waals surface area contributed by atoms with Crippen molar-refractivity contribution in [2.75, 3.05) is 26.3 Å². The summed E-state index contributed by atoms with van der Waals surface area (Å²) in [5.41, 5.74) is 0. The topological polar surface area (TPSA) is 50.4 Å². The van der Waals surface area contributed by atoms with Crippen molar-refractivity contribution in [2.24, 2.45) is 11.8 Å². The Labute approximate surface area is 110 Å². The lowest BCUT2D eigenvalue weighted by Crippen LogP contribution is -2.39. The molecule has 2 N–H and O–H groups in total. The Hall–Kier alpha value is -0.610. The third kappa shape index (κ3) is 4.25. The number of hydrogen-bond donors (Lipinski definition) is 2. The Morgan fingerprint density at radius 2 is 2.39 bits per heavy atom. The van der Waals surface area contributed by atoms with Gasteiger partial charge in [-0.25, -0.2) is 0 Å². The molecule has 104 valence electrons. The second-order valence-electron chi connectivity index (χ2n) is 5.73. The number of ether oxygens (including phenoxy) is 1. The van der Waals surface area contributed by atoms with Crippen molar-refractivity contribution in [3.8, 4) is 0 Å². The Morgan fingerprint density at radius 1 is 1.50 bits per heavy atom. The first-order valence-electron chi connectivity index (χ1n) is 7.33. The first-order chi connectivity index (χ1) is 8.75. The molecule has 1 amide bonds. The maximum absolute atomic E-state index is 11.9. The van der Waals surface area contributed by atoms with Gasteiger partial charge in [0, 0.05) is 25.0 Å². The summed E-state index contributed by atoms with van der Waals surface area (Å²) in [6.07, 6.45) is 5.29. The summed E-state index contributed by atoms with van der Waals surface area (Å²) in [5.74, 6) is 1.40. The Kier molecular flexibility index (Phi) is 5.45. The number of hydrogen-bond acceptors (Lipinski definition) is 3. The van der Waals surface area contributed by atoms with E-state index in [-0.39, 0.29) is 11.9 Å². The minimum Gasteiger partial charge on any atom is -0.381 e. The van der Waals surface area contributed by atoms with Crippen LogP contribution in [0.4, 0.5) is 0 Å². The molecule has 18 heavy (non-hydrogen) atoms. The van der Waals surface area contributed by atoms with Crippen LogP contribution in [0.3, 0.4) is 0 Å². The van der Waals surface area contributed by atoms with E-state index in [1.165, 1.54) is 12.8 Å². The van der Waals surface area contributed by atoms with Crippen LogP contribution in [0.2, 0.25) is 0 Å². The lowest BCUT2D eigenvalue weighted by atomic mass is 9.94. The fourth-order valence-electron chi connectivity index (χ4n) is 2.90. The SMILES string of the molecule is CC(NC(=O)CCC1CCCNC1)C1CCOC1. The fraction of sp³-hybridized carbons (Fsp3) is 0.929. The van der Waals surface area contributed by atoms with E-state index in [9.17, 15) is 4.79 Å². The van der Waals surface area contributed by atoms with E-state index >= 15 is 0 Å². The van der Waals surface area contributed by atoms with Crippen molar-refractivity contribution in [2.45, 2.75) is 45.1 Å². The Bertz CT molecular complexity index is 259. The molecule has 0 bridgehead atoms. The minimum atomic E-state index is 0.208. The van der Waals surface area contributed by atoms with Crippen LogP contribution in [0.5, 0.6) is 0 Å². The van der Waals surface area contributed by atoms with E-state index < -0.39 is 0 Å². The summed E-state index contributed by atoms with van der Waals surface area (Å²) >= 11 is 0. The number of carbonyl (C=O) groups excluding carboxylic acids is 1. The van der Waals surface area contributed by atoms with Gasteiger partial charge in [-0.2, -0.15) is 0 Å². The van der Waals surface area contributed by atoms with E-state index in [1.54, 1.807) is 0 Å². The number of piperidine rings is 1. The van der Waals surface area contributed by atoms with Crippen molar-refractivity contribution in [1.82, 2.24) is 10.6 Å². The molecule has 0 aromatic carbocycles. The van der Waals surface area contributed by atoms with Crippen LogP contribution in [0, 0.1) is 11.8 Å². The molecule has 0 saturated carbocycles. The van der Waals surface area contributed by atoms with Crippen LogP contribution in [0.1, 0.15) is 39.0 Å². The van der Waals surface area contributed by atoms with Crippen molar-refractivity contribution in [1.29, 1.82) is 0 Å². The van der Waals surface area contributed by atoms with Crippen LogP contribution < -0.4 is 10.6 Å². The fourth-order valence-corrected chi connectivity index (χ4v) is 2.90. The number of nitrogens with one attached hydrogen (secondary N) is 2. The van der Waals surface area contributed by atoms with Gasteiger partial charge < -0.3 is 15.4 Å². The van der Waals surface area contributed by atoms with Gasteiger partial charge in [-0.1, -0.05) is 0 Å².